The Morgan fingerprint density at radius 3 is 2.27 bits per heavy atom. The topological polar surface area (TPSA) is 251 Å². The number of halogens is 2. The van der Waals surface area contributed by atoms with E-state index in [1.165, 1.54) is 6.08 Å². The Morgan fingerprint density at radius 2 is 1.79 bits per heavy atom. The fourth-order valence-corrected chi connectivity index (χ4v) is 5.94. The minimum atomic E-state index is -5.89. The zero-order valence-electron chi connectivity index (χ0n) is 16.2. The zero-order valence-corrected chi connectivity index (χ0v) is 18.9. The molecule has 2 unspecified atom stereocenters. The smallest absolute Gasteiger partial charge is 0.387 e. The van der Waals surface area contributed by atoms with E-state index >= 15 is 0 Å². The maximum atomic E-state index is 14.0. The second-order valence-corrected chi connectivity index (χ2v) is 11.2. The quantitative estimate of drug-likeness (QED) is 0.165. The van der Waals surface area contributed by atoms with Gasteiger partial charge in [-0.1, -0.05) is 6.58 Å². The van der Waals surface area contributed by atoms with Crippen LogP contribution >= 0.6 is 23.5 Å². The van der Waals surface area contributed by atoms with Gasteiger partial charge in [0.1, 0.15) is 31.1 Å². The molecule has 0 amide bonds. The third-order valence-electron chi connectivity index (χ3n) is 4.29. The molecule has 0 saturated carbocycles. The minimum absolute atomic E-state index is 0.0389. The predicted molar refractivity (Wildman–Crippen MR) is 102 cm³/mol. The molecule has 0 aromatic heterocycles. The van der Waals surface area contributed by atoms with Gasteiger partial charge in [0.25, 0.3) is 0 Å². The lowest BCUT2D eigenvalue weighted by molar-refractivity contribution is -0.148. The summed E-state index contributed by atoms with van der Waals surface area (Å²) < 4.78 is 78.3. The second kappa shape index (κ2) is 9.51. The number of aliphatic imine (C=N–C) groups is 1. The molecule has 21 heteroatoms. The number of aliphatic hydroxyl groups is 2. The van der Waals surface area contributed by atoms with Crippen molar-refractivity contribution >= 4 is 29.3 Å². The molecule has 2 aliphatic rings. The van der Waals surface area contributed by atoms with E-state index in [4.69, 9.17) is 25.2 Å². The maximum Gasteiger partial charge on any atom is 0.490 e. The molecule has 190 valence electrons. The van der Waals surface area contributed by atoms with E-state index in [-0.39, 0.29) is 11.7 Å². The summed E-state index contributed by atoms with van der Waals surface area (Å²) in [4.78, 5) is 40.3. The van der Waals surface area contributed by atoms with Crippen molar-refractivity contribution in [2.75, 3.05) is 20.0 Å². The van der Waals surface area contributed by atoms with E-state index in [1.807, 2.05) is 0 Å². The van der Waals surface area contributed by atoms with Gasteiger partial charge in [-0.05, 0) is 6.08 Å². The van der Waals surface area contributed by atoms with E-state index in [9.17, 15) is 37.6 Å². The van der Waals surface area contributed by atoms with Crippen molar-refractivity contribution in [3.8, 4) is 0 Å². The SMILES string of the molecule is C=C1N=C(N)C=CN1[C@@H]1O[C@](CF)(COP(=O)(O)OP(=O)(O)OP(=O)(O)O)[C@@H](O)[C@]1(O)CF. The normalized spacial score (nSPS) is 34.1. The Kier molecular flexibility index (Phi) is 8.11. The van der Waals surface area contributed by atoms with Gasteiger partial charge >= 0.3 is 23.5 Å². The first-order chi connectivity index (χ1) is 14.9. The summed E-state index contributed by atoms with van der Waals surface area (Å²) in [6, 6.07) is 0. The van der Waals surface area contributed by atoms with Gasteiger partial charge in [-0.3, -0.25) is 4.52 Å². The lowest BCUT2D eigenvalue weighted by atomic mass is 9.87. The monoisotopic (exact) mass is 545 g/mol. The first-order valence-corrected chi connectivity index (χ1v) is 12.9. The van der Waals surface area contributed by atoms with E-state index in [0.29, 0.717) is 0 Å². The summed E-state index contributed by atoms with van der Waals surface area (Å²) in [5.41, 5.74) is -0.156. The minimum Gasteiger partial charge on any atom is -0.387 e. The summed E-state index contributed by atoms with van der Waals surface area (Å²) in [6.45, 7) is -1.50. The molecule has 2 rings (SSSR count). The van der Waals surface area contributed by atoms with Crippen molar-refractivity contribution in [2.45, 2.75) is 23.5 Å². The molecule has 33 heavy (non-hydrogen) atoms. The van der Waals surface area contributed by atoms with Crippen molar-refractivity contribution in [1.29, 1.82) is 0 Å². The molecule has 0 aliphatic carbocycles. The largest absolute Gasteiger partial charge is 0.490 e. The van der Waals surface area contributed by atoms with Crippen LogP contribution in [-0.2, 0) is 31.6 Å². The first kappa shape index (κ1) is 28.1. The lowest BCUT2D eigenvalue weighted by Gasteiger charge is -2.36. The number of hydrogen-bond donors (Lipinski definition) is 7. The molecule has 1 fully saturated rings. The number of nitrogens with zero attached hydrogens (tertiary/aromatic N) is 2. The van der Waals surface area contributed by atoms with Gasteiger partial charge in [0, 0.05) is 6.20 Å². The van der Waals surface area contributed by atoms with Crippen LogP contribution in [0.1, 0.15) is 0 Å². The molecule has 6 atom stereocenters. The Morgan fingerprint density at radius 1 is 1.18 bits per heavy atom. The average Bonchev–Trinajstić information content (AvgIpc) is 2.86. The van der Waals surface area contributed by atoms with Gasteiger partial charge in [-0.15, -0.1) is 0 Å². The molecule has 16 nitrogen and oxygen atoms in total. The molecular formula is C12H20F2N3O13P3. The third kappa shape index (κ3) is 6.32. The highest BCUT2D eigenvalue weighted by atomic mass is 31.3. The van der Waals surface area contributed by atoms with Gasteiger partial charge < -0.3 is 45.2 Å². The van der Waals surface area contributed by atoms with Crippen LogP contribution in [0.5, 0.6) is 0 Å². The van der Waals surface area contributed by atoms with Crippen molar-refractivity contribution in [2.24, 2.45) is 10.7 Å². The molecule has 0 aromatic carbocycles. The zero-order chi connectivity index (χ0) is 25.5. The van der Waals surface area contributed by atoms with Crippen LogP contribution in [0.25, 0.3) is 0 Å². The molecule has 0 aromatic rings. The molecule has 0 bridgehead atoms. The van der Waals surface area contributed by atoms with Crippen molar-refractivity contribution in [3.63, 3.8) is 0 Å². The van der Waals surface area contributed by atoms with Crippen molar-refractivity contribution in [3.05, 3.63) is 24.7 Å². The summed E-state index contributed by atoms with van der Waals surface area (Å²) >= 11 is 0. The number of ether oxygens (including phenoxy) is 1. The van der Waals surface area contributed by atoms with Crippen LogP contribution in [-0.4, -0.2) is 84.0 Å². The molecule has 0 radical (unpaired) electrons. The highest BCUT2D eigenvalue weighted by molar-refractivity contribution is 7.66. The number of phosphoric ester groups is 1. The predicted octanol–water partition coefficient (Wildman–Crippen LogP) is -0.887. The molecule has 8 N–H and O–H groups in total. The van der Waals surface area contributed by atoms with Crippen LogP contribution < -0.4 is 5.73 Å². The Hall–Kier alpha value is -1.10. The molecular weight excluding hydrogens is 525 g/mol. The van der Waals surface area contributed by atoms with Gasteiger partial charge in [0.15, 0.2) is 17.4 Å². The average molecular weight is 545 g/mol. The Bertz CT molecular complexity index is 991. The fraction of sp³-hybridized carbons (Fsp3) is 0.583. The second-order valence-electron chi connectivity index (χ2n) is 6.74. The van der Waals surface area contributed by atoms with Crippen molar-refractivity contribution in [1.82, 2.24) is 4.90 Å². The highest BCUT2D eigenvalue weighted by Gasteiger charge is 2.66. The fourth-order valence-electron chi connectivity index (χ4n) is 2.87. The summed E-state index contributed by atoms with van der Waals surface area (Å²) in [7, 11) is -17.3. The summed E-state index contributed by atoms with van der Waals surface area (Å²) in [5.74, 6) is -0.260. The summed E-state index contributed by atoms with van der Waals surface area (Å²) in [5, 5.41) is 21.1. The maximum absolute atomic E-state index is 14.0. The first-order valence-electron chi connectivity index (χ1n) is 8.38. The van der Waals surface area contributed by atoms with Gasteiger partial charge in [-0.2, -0.15) is 8.62 Å². The Balaban J connectivity index is 2.26. The molecule has 1 saturated heterocycles. The van der Waals surface area contributed by atoms with E-state index in [2.05, 4.69) is 24.7 Å². The molecule has 2 heterocycles. The van der Waals surface area contributed by atoms with Gasteiger partial charge in [-0.25, -0.2) is 27.5 Å². The van der Waals surface area contributed by atoms with Crippen LogP contribution in [0.3, 0.4) is 0 Å². The molecule has 2 aliphatic heterocycles. The number of alkyl halides is 2. The number of hydrogen-bond acceptors (Lipinski definition) is 12. The number of aliphatic hydroxyl groups excluding tert-OH is 1. The standard InChI is InChI=1S/C12H20F2N3O13P3/c1-7-16-8(15)2-3-17(7)10-12(19,5-14)9(18)11(4-13,28-10)6-27-32(23,24)30-33(25,26)29-31(20,21)22/h2-3,9-10,18-19H,1,4-6H2,(H2,15,16)(H,23,24)(H,25,26)(H2,20,21,22)/t9-,10-,11-,12-/m1/s1. The lowest BCUT2D eigenvalue weighted by Crippen LogP contribution is -2.58. The van der Waals surface area contributed by atoms with Crippen LogP contribution in [0.15, 0.2) is 29.7 Å². The van der Waals surface area contributed by atoms with E-state index in [0.717, 1.165) is 11.1 Å². The number of nitrogens with two attached hydrogens (primary N) is 1. The van der Waals surface area contributed by atoms with Gasteiger partial charge in [0.05, 0.1) is 6.61 Å². The number of phosphoric acid groups is 3. The molecule has 0 spiro atoms. The summed E-state index contributed by atoms with van der Waals surface area (Å²) in [6.07, 6.45) is -2.11. The Labute approximate surface area is 184 Å². The van der Waals surface area contributed by atoms with Crippen LogP contribution in [0.2, 0.25) is 0 Å². The van der Waals surface area contributed by atoms with Crippen LogP contribution in [0.4, 0.5) is 8.78 Å². The van der Waals surface area contributed by atoms with Crippen molar-refractivity contribution < 1.29 is 70.1 Å². The number of rotatable bonds is 10. The van der Waals surface area contributed by atoms with E-state index < -0.39 is 67.0 Å². The highest BCUT2D eigenvalue weighted by Crippen LogP contribution is 2.66. The van der Waals surface area contributed by atoms with E-state index in [1.54, 1.807) is 0 Å². The third-order valence-corrected chi connectivity index (χ3v) is 8.07. The van der Waals surface area contributed by atoms with Gasteiger partial charge in [0.2, 0.25) is 0 Å². The number of amidine groups is 1. The van der Waals surface area contributed by atoms with Crippen LogP contribution in [0, 0.1) is 0 Å².